The lowest BCUT2D eigenvalue weighted by Crippen LogP contribution is -2.04. The Kier molecular flexibility index (Phi) is 2.97. The van der Waals surface area contributed by atoms with Crippen molar-refractivity contribution in [3.63, 3.8) is 0 Å². The Morgan fingerprint density at radius 3 is 2.82 bits per heavy atom. The van der Waals surface area contributed by atoms with Crippen LogP contribution in [0.5, 0.6) is 5.75 Å². The van der Waals surface area contributed by atoms with E-state index in [9.17, 15) is 14.3 Å². The lowest BCUT2D eigenvalue weighted by molar-refractivity contribution is 0.0591. The zero-order chi connectivity index (χ0) is 12.6. The summed E-state index contributed by atoms with van der Waals surface area (Å²) in [5, 5.41) is 10.6. The van der Waals surface area contributed by atoms with Crippen molar-refractivity contribution in [3.8, 4) is 5.75 Å². The summed E-state index contributed by atoms with van der Waals surface area (Å²) < 4.78 is 17.9. The lowest BCUT2D eigenvalue weighted by Gasteiger charge is -2.07. The fraction of sp³-hybridized carbons (Fsp3) is 0.0909. The van der Waals surface area contributed by atoms with E-state index in [0.717, 1.165) is 0 Å². The first-order chi connectivity index (χ1) is 8.06. The van der Waals surface area contributed by atoms with Crippen LogP contribution in [-0.4, -0.2) is 23.2 Å². The van der Waals surface area contributed by atoms with Crippen LogP contribution in [0.2, 0.25) is 0 Å². The van der Waals surface area contributed by atoms with E-state index in [-0.39, 0.29) is 15.9 Å². The van der Waals surface area contributed by atoms with Gasteiger partial charge in [-0.3, -0.25) is 0 Å². The average Bonchev–Trinajstić information content (AvgIpc) is 2.33. The second-order valence-corrected chi connectivity index (χ2v) is 4.06. The number of carbonyl (C=O) groups is 1. The minimum atomic E-state index is -0.746. The van der Waals surface area contributed by atoms with E-state index in [1.165, 1.54) is 25.4 Å². The van der Waals surface area contributed by atoms with Crippen molar-refractivity contribution in [1.29, 1.82) is 0 Å². The van der Waals surface area contributed by atoms with Crippen molar-refractivity contribution in [2.45, 2.75) is 0 Å². The van der Waals surface area contributed by atoms with E-state index in [2.05, 4.69) is 25.7 Å². The number of aromatic nitrogens is 1. The lowest BCUT2D eigenvalue weighted by atomic mass is 10.1. The van der Waals surface area contributed by atoms with Gasteiger partial charge < -0.3 is 9.84 Å². The van der Waals surface area contributed by atoms with Crippen molar-refractivity contribution < 1.29 is 19.0 Å². The van der Waals surface area contributed by atoms with Crippen molar-refractivity contribution in [2.24, 2.45) is 0 Å². The van der Waals surface area contributed by atoms with E-state index in [1.54, 1.807) is 0 Å². The summed E-state index contributed by atoms with van der Waals surface area (Å²) in [4.78, 5) is 15.1. The van der Waals surface area contributed by atoms with Crippen molar-refractivity contribution in [1.82, 2.24) is 4.98 Å². The molecule has 88 valence electrons. The maximum Gasteiger partial charge on any atom is 0.360 e. The maximum absolute atomic E-state index is 13.3. The molecule has 0 fully saturated rings. The number of methoxy groups -OCH3 is 1. The van der Waals surface area contributed by atoms with Crippen LogP contribution in [0.25, 0.3) is 10.8 Å². The van der Waals surface area contributed by atoms with Gasteiger partial charge in [-0.15, -0.1) is 0 Å². The zero-order valence-electron chi connectivity index (χ0n) is 8.70. The number of rotatable bonds is 1. The number of carbonyl (C=O) groups excluding carboxylic acids is 1. The predicted octanol–water partition coefficient (Wildman–Crippen LogP) is 2.63. The van der Waals surface area contributed by atoms with Gasteiger partial charge in [-0.05, 0) is 28.1 Å². The van der Waals surface area contributed by atoms with Crippen LogP contribution in [0.15, 0.2) is 22.8 Å². The number of esters is 1. The van der Waals surface area contributed by atoms with Crippen LogP contribution in [0.3, 0.4) is 0 Å². The highest BCUT2D eigenvalue weighted by Crippen LogP contribution is 2.33. The molecule has 1 heterocycles. The molecule has 0 atom stereocenters. The number of hydrogen-bond acceptors (Lipinski definition) is 4. The summed E-state index contributed by atoms with van der Waals surface area (Å²) in [5.74, 6) is -1.54. The van der Waals surface area contributed by atoms with Crippen LogP contribution in [0.1, 0.15) is 10.5 Å². The molecule has 0 bridgehead atoms. The molecule has 17 heavy (non-hydrogen) atoms. The van der Waals surface area contributed by atoms with Gasteiger partial charge in [-0.25, -0.2) is 14.2 Å². The third kappa shape index (κ3) is 1.84. The van der Waals surface area contributed by atoms with Gasteiger partial charge >= 0.3 is 5.97 Å². The van der Waals surface area contributed by atoms with E-state index in [1.807, 2.05) is 0 Å². The minimum Gasteiger partial charge on any atom is -0.505 e. The first-order valence-corrected chi connectivity index (χ1v) is 5.39. The normalized spacial score (nSPS) is 10.5. The van der Waals surface area contributed by atoms with Crippen molar-refractivity contribution in [2.75, 3.05) is 7.11 Å². The molecule has 1 aromatic carbocycles. The third-order valence-electron chi connectivity index (χ3n) is 2.31. The average molecular weight is 300 g/mol. The number of fused-ring (bicyclic) bond motifs is 1. The largest absolute Gasteiger partial charge is 0.505 e. The van der Waals surface area contributed by atoms with Gasteiger partial charge in [0.1, 0.15) is 5.82 Å². The molecule has 0 radical (unpaired) electrons. The van der Waals surface area contributed by atoms with Gasteiger partial charge in [0, 0.05) is 17.0 Å². The summed E-state index contributed by atoms with van der Waals surface area (Å²) >= 11 is 3.05. The minimum absolute atomic E-state index is 0.189. The molecule has 0 aliphatic heterocycles. The molecular formula is C11H7BrFNO3. The number of aromatic hydroxyl groups is 1. The molecule has 0 spiro atoms. The molecule has 2 aromatic rings. The quantitative estimate of drug-likeness (QED) is 0.823. The highest BCUT2D eigenvalue weighted by atomic mass is 79.9. The topological polar surface area (TPSA) is 59.4 Å². The molecule has 0 aliphatic carbocycles. The fourth-order valence-electron chi connectivity index (χ4n) is 1.46. The maximum atomic E-state index is 13.3. The van der Waals surface area contributed by atoms with Gasteiger partial charge in [0.05, 0.1) is 11.6 Å². The Morgan fingerprint density at radius 1 is 1.47 bits per heavy atom. The first kappa shape index (κ1) is 11.8. The second kappa shape index (κ2) is 4.29. The second-order valence-electron chi connectivity index (χ2n) is 3.27. The molecule has 0 saturated carbocycles. The monoisotopic (exact) mass is 299 g/mol. The highest BCUT2D eigenvalue weighted by Gasteiger charge is 2.17. The highest BCUT2D eigenvalue weighted by molar-refractivity contribution is 9.10. The molecule has 4 nitrogen and oxygen atoms in total. The fourth-order valence-corrected chi connectivity index (χ4v) is 1.91. The van der Waals surface area contributed by atoms with Gasteiger partial charge in [0.15, 0.2) is 11.4 Å². The van der Waals surface area contributed by atoms with E-state index < -0.39 is 11.8 Å². The van der Waals surface area contributed by atoms with Crippen LogP contribution in [0.4, 0.5) is 4.39 Å². The number of halogens is 2. The van der Waals surface area contributed by atoms with Crippen LogP contribution >= 0.6 is 15.9 Å². The molecule has 6 heteroatoms. The smallest absolute Gasteiger partial charge is 0.360 e. The number of pyridine rings is 1. The predicted molar refractivity (Wildman–Crippen MR) is 62.4 cm³/mol. The first-order valence-electron chi connectivity index (χ1n) is 4.60. The Morgan fingerprint density at radius 2 is 2.18 bits per heavy atom. The summed E-state index contributed by atoms with van der Waals surface area (Å²) in [6.07, 6.45) is 1.30. The van der Waals surface area contributed by atoms with E-state index in [0.29, 0.717) is 10.8 Å². The summed E-state index contributed by atoms with van der Waals surface area (Å²) in [5.41, 5.74) is -0.196. The van der Waals surface area contributed by atoms with Crippen LogP contribution in [0, 0.1) is 5.82 Å². The summed E-state index contributed by atoms with van der Waals surface area (Å²) in [6, 6.07) is 2.56. The van der Waals surface area contributed by atoms with Crippen molar-refractivity contribution >= 4 is 32.7 Å². The Bertz CT molecular complexity index is 615. The number of ether oxygens (including phenoxy) is 1. The standard InChI is InChI=1S/C11H7BrFNO3/c1-17-11(16)9-10(15)5-2-3-7(13)8(12)6(5)4-14-9/h2-4,15H,1H3. The van der Waals surface area contributed by atoms with Gasteiger partial charge in [0.2, 0.25) is 0 Å². The molecule has 1 aromatic heterocycles. The SMILES string of the molecule is COC(=O)c1ncc2c(Br)c(F)ccc2c1O. The molecule has 0 saturated heterocycles. The Labute approximate surface area is 104 Å². The Balaban J connectivity index is 2.77. The Hall–Kier alpha value is -1.69. The van der Waals surface area contributed by atoms with Gasteiger partial charge in [0.25, 0.3) is 0 Å². The molecule has 2 rings (SSSR count). The molecule has 0 aliphatic rings. The summed E-state index contributed by atoms with van der Waals surface area (Å²) in [7, 11) is 1.19. The number of hydrogen-bond donors (Lipinski definition) is 1. The number of benzene rings is 1. The number of nitrogens with zero attached hydrogens (tertiary/aromatic N) is 1. The van der Waals surface area contributed by atoms with Crippen LogP contribution < -0.4 is 0 Å². The summed E-state index contributed by atoms with van der Waals surface area (Å²) in [6.45, 7) is 0. The molecule has 1 N–H and O–H groups in total. The van der Waals surface area contributed by atoms with Gasteiger partial charge in [-0.1, -0.05) is 0 Å². The molecular weight excluding hydrogens is 293 g/mol. The van der Waals surface area contributed by atoms with E-state index >= 15 is 0 Å². The third-order valence-corrected chi connectivity index (χ3v) is 3.12. The molecule has 0 unspecified atom stereocenters. The van der Waals surface area contributed by atoms with E-state index in [4.69, 9.17) is 0 Å². The van der Waals surface area contributed by atoms with Crippen LogP contribution in [-0.2, 0) is 4.74 Å². The zero-order valence-corrected chi connectivity index (χ0v) is 10.3. The van der Waals surface area contributed by atoms with Gasteiger partial charge in [-0.2, -0.15) is 0 Å². The molecule has 0 amide bonds. The van der Waals surface area contributed by atoms with Crippen molar-refractivity contribution in [3.05, 3.63) is 34.3 Å².